The quantitative estimate of drug-likeness (QED) is 0.189. The zero-order valence-electron chi connectivity index (χ0n) is 23.1. The number of rotatable bonds is 7. The van der Waals surface area contributed by atoms with Gasteiger partial charge in [-0.25, -0.2) is 5.01 Å². The van der Waals surface area contributed by atoms with Gasteiger partial charge in [0.2, 0.25) is 0 Å². The van der Waals surface area contributed by atoms with Crippen molar-refractivity contribution < 1.29 is 4.79 Å². The summed E-state index contributed by atoms with van der Waals surface area (Å²) in [5.74, 6) is 0.000289. The highest BCUT2D eigenvalue weighted by Crippen LogP contribution is 2.64. The molecule has 3 nitrogen and oxygen atoms in total. The van der Waals surface area contributed by atoms with Crippen LogP contribution in [0.5, 0.6) is 0 Å². The molecule has 0 unspecified atom stereocenters. The Bertz CT molecular complexity index is 1660. The molecule has 6 aromatic rings. The summed E-state index contributed by atoms with van der Waals surface area (Å²) < 4.78 is 0. The van der Waals surface area contributed by atoms with Crippen molar-refractivity contribution in [1.82, 2.24) is 5.01 Å². The summed E-state index contributed by atoms with van der Waals surface area (Å²) in [6, 6.07) is 61.8. The first kappa shape index (κ1) is 25.6. The molecule has 202 valence electrons. The maximum Gasteiger partial charge on any atom is 0.261 e. The van der Waals surface area contributed by atoms with Gasteiger partial charge < -0.3 is 0 Å². The van der Waals surface area contributed by atoms with Gasteiger partial charge in [-0.3, -0.25) is 9.80 Å². The van der Waals surface area contributed by atoms with Crippen LogP contribution in [0.4, 0.5) is 11.4 Å². The Balaban J connectivity index is 1.65. The molecule has 0 N–H and O–H groups in total. The molecular weight excluding hydrogens is 512 g/mol. The van der Waals surface area contributed by atoms with Crippen LogP contribution in [0.25, 0.3) is 0 Å². The lowest BCUT2D eigenvalue weighted by atomic mass is 9.49. The smallest absolute Gasteiger partial charge is 0.261 e. The van der Waals surface area contributed by atoms with Crippen LogP contribution in [0.3, 0.4) is 0 Å². The number of carbonyl (C=O) groups is 1. The number of hydrazine groups is 1. The average molecular weight is 543 g/mol. The lowest BCUT2D eigenvalue weighted by Gasteiger charge is -2.67. The minimum Gasteiger partial charge on any atom is -0.271 e. The van der Waals surface area contributed by atoms with Gasteiger partial charge in [-0.15, -0.1) is 0 Å². The van der Waals surface area contributed by atoms with E-state index in [2.05, 4.69) is 102 Å². The highest BCUT2D eigenvalue weighted by molar-refractivity contribution is 6.05. The molecule has 0 aliphatic carbocycles. The molecule has 1 aliphatic rings. The van der Waals surface area contributed by atoms with E-state index in [0.717, 1.165) is 33.6 Å². The molecule has 0 spiro atoms. The van der Waals surface area contributed by atoms with Crippen LogP contribution in [-0.2, 0) is 15.7 Å². The Kier molecular flexibility index (Phi) is 6.41. The van der Waals surface area contributed by atoms with Crippen LogP contribution in [-0.4, -0.2) is 10.9 Å². The van der Waals surface area contributed by atoms with Crippen molar-refractivity contribution in [2.45, 2.75) is 11.0 Å². The minimum atomic E-state index is -1.06. The van der Waals surface area contributed by atoms with Crippen LogP contribution in [0.15, 0.2) is 182 Å². The van der Waals surface area contributed by atoms with Crippen molar-refractivity contribution >= 4 is 17.3 Å². The first-order valence-corrected chi connectivity index (χ1v) is 14.3. The van der Waals surface area contributed by atoms with Gasteiger partial charge in [-0.1, -0.05) is 158 Å². The van der Waals surface area contributed by atoms with E-state index < -0.39 is 11.0 Å². The van der Waals surface area contributed by atoms with E-state index in [-0.39, 0.29) is 5.91 Å². The van der Waals surface area contributed by atoms with E-state index in [0.29, 0.717) is 0 Å². The van der Waals surface area contributed by atoms with Crippen LogP contribution in [0.2, 0.25) is 0 Å². The standard InChI is InChI=1S/C39H30N2O/c42-37-38(31-19-7-1-8-20-31,32-21-9-2-10-22-32)39(33-23-11-3-12-24-33,34-25-13-4-14-26-34)41(37)40(35-27-15-5-16-28-35)36-29-17-6-18-30-36/h1-30H. The summed E-state index contributed by atoms with van der Waals surface area (Å²) in [6.07, 6.45) is 0. The number of β-lactam (4-membered cyclic amide) rings is 1. The average Bonchev–Trinajstić information content (AvgIpc) is 3.08. The van der Waals surface area contributed by atoms with Crippen molar-refractivity contribution in [1.29, 1.82) is 0 Å². The molecule has 7 rings (SSSR count). The molecular formula is C39H30N2O. The normalized spacial score (nSPS) is 15.0. The monoisotopic (exact) mass is 542 g/mol. The molecule has 42 heavy (non-hydrogen) atoms. The topological polar surface area (TPSA) is 23.6 Å². The number of carbonyl (C=O) groups excluding carboxylic acids is 1. The summed E-state index contributed by atoms with van der Waals surface area (Å²) in [5, 5.41) is 4.08. The number of anilines is 2. The molecule has 0 saturated carbocycles. The molecule has 6 aromatic carbocycles. The van der Waals surface area contributed by atoms with E-state index in [1.54, 1.807) is 0 Å². The predicted octanol–water partition coefficient (Wildman–Crippen LogP) is 8.51. The summed E-state index contributed by atoms with van der Waals surface area (Å²) >= 11 is 0. The molecule has 0 bridgehead atoms. The van der Waals surface area contributed by atoms with Crippen LogP contribution >= 0.6 is 0 Å². The van der Waals surface area contributed by atoms with Gasteiger partial charge >= 0.3 is 0 Å². The Morgan fingerprint density at radius 2 is 0.667 bits per heavy atom. The lowest BCUT2D eigenvalue weighted by molar-refractivity contribution is -0.169. The lowest BCUT2D eigenvalue weighted by Crippen LogP contribution is -2.81. The van der Waals surface area contributed by atoms with Gasteiger partial charge in [-0.05, 0) is 46.5 Å². The van der Waals surface area contributed by atoms with Crippen molar-refractivity contribution in [3.05, 3.63) is 204 Å². The summed E-state index contributed by atoms with van der Waals surface area (Å²) in [6.45, 7) is 0. The third kappa shape index (κ3) is 3.64. The first-order chi connectivity index (χ1) is 20.8. The Labute approximate surface area is 246 Å². The largest absolute Gasteiger partial charge is 0.271 e. The molecule has 1 heterocycles. The van der Waals surface area contributed by atoms with Crippen LogP contribution in [0.1, 0.15) is 22.3 Å². The zero-order chi connectivity index (χ0) is 28.4. The fraction of sp³-hybridized carbons (Fsp3) is 0.0513. The SMILES string of the molecule is O=C1N(N(c2ccccc2)c2ccccc2)C(c2ccccc2)(c2ccccc2)C1(c1ccccc1)c1ccccc1. The third-order valence-electron chi connectivity index (χ3n) is 8.37. The van der Waals surface area contributed by atoms with Crippen molar-refractivity contribution in [2.75, 3.05) is 5.01 Å². The molecule has 0 radical (unpaired) electrons. The minimum absolute atomic E-state index is 0.000289. The van der Waals surface area contributed by atoms with Gasteiger partial charge in [0.15, 0.2) is 0 Å². The van der Waals surface area contributed by atoms with Gasteiger partial charge in [0, 0.05) is 0 Å². The van der Waals surface area contributed by atoms with E-state index in [4.69, 9.17) is 0 Å². The Hall–Kier alpha value is -5.41. The number of amides is 1. The molecule has 1 saturated heterocycles. The maximum atomic E-state index is 15.5. The third-order valence-corrected chi connectivity index (χ3v) is 8.37. The number of hydrogen-bond donors (Lipinski definition) is 0. The second kappa shape index (κ2) is 10.5. The first-order valence-electron chi connectivity index (χ1n) is 14.3. The highest BCUT2D eigenvalue weighted by Gasteiger charge is 2.76. The predicted molar refractivity (Wildman–Crippen MR) is 169 cm³/mol. The summed E-state index contributed by atoms with van der Waals surface area (Å²) in [7, 11) is 0. The van der Waals surface area contributed by atoms with Gasteiger partial charge in [0.05, 0.1) is 11.4 Å². The van der Waals surface area contributed by atoms with Crippen LogP contribution in [0, 0.1) is 0 Å². The summed E-state index contributed by atoms with van der Waals surface area (Å²) in [5.41, 5.74) is 3.77. The van der Waals surface area contributed by atoms with E-state index >= 15 is 4.79 Å². The molecule has 3 heteroatoms. The highest BCUT2D eigenvalue weighted by atomic mass is 16.2. The zero-order valence-corrected chi connectivity index (χ0v) is 23.1. The van der Waals surface area contributed by atoms with Gasteiger partial charge in [0.1, 0.15) is 11.0 Å². The van der Waals surface area contributed by atoms with Gasteiger partial charge in [0.25, 0.3) is 5.91 Å². The second-order valence-electron chi connectivity index (χ2n) is 10.5. The number of nitrogens with zero attached hydrogens (tertiary/aromatic N) is 2. The fourth-order valence-electron chi connectivity index (χ4n) is 6.74. The fourth-order valence-corrected chi connectivity index (χ4v) is 6.74. The molecule has 1 fully saturated rings. The van der Waals surface area contributed by atoms with E-state index in [1.807, 2.05) is 89.9 Å². The number of para-hydroxylation sites is 2. The molecule has 1 amide bonds. The number of hydrogen-bond acceptors (Lipinski definition) is 2. The maximum absolute atomic E-state index is 15.5. The van der Waals surface area contributed by atoms with E-state index in [9.17, 15) is 0 Å². The van der Waals surface area contributed by atoms with Crippen molar-refractivity contribution in [2.24, 2.45) is 0 Å². The van der Waals surface area contributed by atoms with Crippen LogP contribution < -0.4 is 5.01 Å². The Morgan fingerprint density at radius 3 is 1.00 bits per heavy atom. The Morgan fingerprint density at radius 1 is 0.381 bits per heavy atom. The van der Waals surface area contributed by atoms with E-state index in [1.165, 1.54) is 0 Å². The molecule has 0 atom stereocenters. The van der Waals surface area contributed by atoms with Crippen molar-refractivity contribution in [3.8, 4) is 0 Å². The van der Waals surface area contributed by atoms with Gasteiger partial charge in [-0.2, -0.15) is 0 Å². The van der Waals surface area contributed by atoms with Crippen molar-refractivity contribution in [3.63, 3.8) is 0 Å². The molecule has 1 aliphatic heterocycles. The number of benzene rings is 6. The molecule has 0 aromatic heterocycles. The summed E-state index contributed by atoms with van der Waals surface area (Å²) in [4.78, 5) is 15.5. The second-order valence-corrected chi connectivity index (χ2v) is 10.5.